The summed E-state index contributed by atoms with van der Waals surface area (Å²) in [5.41, 5.74) is 2.11. The number of thioether (sulfide) groups is 1. The third kappa shape index (κ3) is 4.99. The average Bonchev–Trinajstić information content (AvgIpc) is 3.24. The Morgan fingerprint density at radius 2 is 1.68 bits per heavy atom. The maximum absolute atomic E-state index is 13.5. The molecule has 0 unspecified atom stereocenters. The number of anilines is 1. The van der Waals surface area contributed by atoms with Crippen molar-refractivity contribution < 1.29 is 14.3 Å². The van der Waals surface area contributed by atoms with Crippen LogP contribution in [0.25, 0.3) is 11.4 Å². The molecule has 0 saturated heterocycles. The van der Waals surface area contributed by atoms with E-state index in [0.717, 1.165) is 5.56 Å². The second-order valence-corrected chi connectivity index (χ2v) is 8.28. The fourth-order valence-electron chi connectivity index (χ4n) is 3.43. The van der Waals surface area contributed by atoms with E-state index in [1.54, 1.807) is 13.2 Å². The number of nitrogens with two attached hydrogens (primary N) is 1. The van der Waals surface area contributed by atoms with Crippen molar-refractivity contribution in [3.8, 4) is 22.9 Å². The number of carbonyl (C=O) groups is 1. The summed E-state index contributed by atoms with van der Waals surface area (Å²) >= 11 is 1.21. The summed E-state index contributed by atoms with van der Waals surface area (Å²) in [7, 11) is 1.58. The summed E-state index contributed by atoms with van der Waals surface area (Å²) in [6.45, 7) is 2.39. The molecule has 0 saturated carbocycles. The van der Waals surface area contributed by atoms with Gasteiger partial charge in [-0.15, -0.1) is 10.2 Å². The van der Waals surface area contributed by atoms with Gasteiger partial charge in [0.05, 0.1) is 25.0 Å². The summed E-state index contributed by atoms with van der Waals surface area (Å²) in [6.07, 6.45) is 0. The molecule has 0 spiro atoms. The first-order chi connectivity index (χ1) is 16.6. The number of nitrogen functional groups attached to an aromatic ring is 1. The standard InChI is InChI=1S/C25H25N5O3S/c1-3-33-21-16-10-8-14-19(21)27-24(31)22(17-11-5-4-6-12-17)34-25-29-28-23(30(25)26)18-13-7-9-15-20(18)32-2/h4-16,22H,3,26H2,1-2H3,(H,27,31)/t22-/m1/s1. The van der Waals surface area contributed by atoms with Crippen LogP contribution in [0, 0.1) is 0 Å². The Morgan fingerprint density at radius 3 is 2.41 bits per heavy atom. The van der Waals surface area contributed by atoms with E-state index in [4.69, 9.17) is 15.3 Å². The fraction of sp³-hybridized carbons (Fsp3) is 0.160. The third-order valence-corrected chi connectivity index (χ3v) is 6.23. The molecule has 0 aliphatic heterocycles. The lowest BCUT2D eigenvalue weighted by Crippen LogP contribution is -2.21. The van der Waals surface area contributed by atoms with Crippen molar-refractivity contribution in [3.05, 3.63) is 84.4 Å². The molecule has 0 aliphatic carbocycles. The quantitative estimate of drug-likeness (QED) is 0.271. The maximum Gasteiger partial charge on any atom is 0.242 e. The van der Waals surface area contributed by atoms with Crippen molar-refractivity contribution in [2.75, 3.05) is 24.9 Å². The number of hydrogen-bond acceptors (Lipinski definition) is 7. The zero-order valence-corrected chi connectivity index (χ0v) is 19.7. The van der Waals surface area contributed by atoms with E-state index >= 15 is 0 Å². The Morgan fingerprint density at radius 1 is 1.00 bits per heavy atom. The SMILES string of the molecule is CCOc1ccccc1NC(=O)[C@H](Sc1nnc(-c2ccccc2OC)n1N)c1ccccc1. The minimum Gasteiger partial charge on any atom is -0.496 e. The Labute approximate surface area is 202 Å². The van der Waals surface area contributed by atoms with Crippen LogP contribution in [0.1, 0.15) is 17.7 Å². The van der Waals surface area contributed by atoms with Crippen LogP contribution in [0.3, 0.4) is 0 Å². The highest BCUT2D eigenvalue weighted by molar-refractivity contribution is 8.00. The molecule has 1 amide bonds. The molecule has 1 atom stereocenters. The van der Waals surface area contributed by atoms with Crippen LogP contribution < -0.4 is 20.6 Å². The van der Waals surface area contributed by atoms with Crippen molar-refractivity contribution >= 4 is 23.4 Å². The van der Waals surface area contributed by atoms with Crippen molar-refractivity contribution in [1.82, 2.24) is 14.9 Å². The predicted molar refractivity (Wildman–Crippen MR) is 133 cm³/mol. The molecule has 1 heterocycles. The van der Waals surface area contributed by atoms with Gasteiger partial charge < -0.3 is 20.6 Å². The van der Waals surface area contributed by atoms with Crippen LogP contribution in [0.4, 0.5) is 5.69 Å². The van der Waals surface area contributed by atoms with Gasteiger partial charge in [-0.3, -0.25) is 4.79 Å². The molecule has 174 valence electrons. The monoisotopic (exact) mass is 475 g/mol. The number of ether oxygens (including phenoxy) is 2. The number of para-hydroxylation sites is 3. The normalized spacial score (nSPS) is 11.6. The summed E-state index contributed by atoms with van der Waals surface area (Å²) in [4.78, 5) is 13.5. The highest BCUT2D eigenvalue weighted by atomic mass is 32.2. The topological polar surface area (TPSA) is 104 Å². The third-order valence-electron chi connectivity index (χ3n) is 5.02. The van der Waals surface area contributed by atoms with E-state index in [2.05, 4.69) is 15.5 Å². The summed E-state index contributed by atoms with van der Waals surface area (Å²) in [6, 6.07) is 24.2. The fourth-order valence-corrected chi connectivity index (χ4v) is 4.38. The highest BCUT2D eigenvalue weighted by Gasteiger charge is 2.27. The van der Waals surface area contributed by atoms with Crippen LogP contribution >= 0.6 is 11.8 Å². The van der Waals surface area contributed by atoms with Crippen molar-refractivity contribution in [1.29, 1.82) is 0 Å². The lowest BCUT2D eigenvalue weighted by Gasteiger charge is -2.18. The van der Waals surface area contributed by atoms with Gasteiger partial charge in [-0.05, 0) is 36.8 Å². The lowest BCUT2D eigenvalue weighted by molar-refractivity contribution is -0.115. The first-order valence-electron chi connectivity index (χ1n) is 10.7. The van der Waals surface area contributed by atoms with Crippen LogP contribution in [0.15, 0.2) is 84.0 Å². The molecule has 1 aromatic heterocycles. The van der Waals surface area contributed by atoms with E-state index in [1.165, 1.54) is 16.4 Å². The summed E-state index contributed by atoms with van der Waals surface area (Å²) in [5.74, 6) is 7.81. The molecule has 0 fully saturated rings. The van der Waals surface area contributed by atoms with Gasteiger partial charge in [0.25, 0.3) is 0 Å². The number of aromatic nitrogens is 3. The van der Waals surface area contributed by atoms with E-state index in [1.807, 2.05) is 79.7 Å². The minimum atomic E-state index is -0.632. The van der Waals surface area contributed by atoms with Gasteiger partial charge in [-0.25, -0.2) is 4.68 Å². The second-order valence-electron chi connectivity index (χ2n) is 7.20. The first-order valence-corrected chi connectivity index (χ1v) is 11.6. The van der Waals surface area contributed by atoms with Crippen molar-refractivity contribution in [3.63, 3.8) is 0 Å². The van der Waals surface area contributed by atoms with Crippen LogP contribution in [0.2, 0.25) is 0 Å². The molecule has 0 aliphatic rings. The van der Waals surface area contributed by atoms with Gasteiger partial charge in [0.15, 0.2) is 5.82 Å². The van der Waals surface area contributed by atoms with Gasteiger partial charge >= 0.3 is 0 Å². The number of methoxy groups -OCH3 is 1. The predicted octanol–water partition coefficient (Wildman–Crippen LogP) is 4.54. The van der Waals surface area contributed by atoms with E-state index < -0.39 is 5.25 Å². The molecular weight excluding hydrogens is 450 g/mol. The zero-order valence-electron chi connectivity index (χ0n) is 18.8. The Balaban J connectivity index is 1.65. The lowest BCUT2D eigenvalue weighted by atomic mass is 10.1. The molecule has 3 N–H and O–H groups in total. The van der Waals surface area contributed by atoms with Crippen molar-refractivity contribution in [2.24, 2.45) is 0 Å². The van der Waals surface area contributed by atoms with E-state index in [9.17, 15) is 4.79 Å². The van der Waals surface area contributed by atoms with E-state index in [0.29, 0.717) is 40.3 Å². The molecule has 34 heavy (non-hydrogen) atoms. The first kappa shape index (κ1) is 23.2. The van der Waals surface area contributed by atoms with E-state index in [-0.39, 0.29) is 5.91 Å². The molecule has 8 nitrogen and oxygen atoms in total. The van der Waals surface area contributed by atoms with Gasteiger partial charge in [-0.2, -0.15) is 0 Å². The number of hydrogen-bond donors (Lipinski definition) is 2. The van der Waals surface area contributed by atoms with Crippen LogP contribution in [0.5, 0.6) is 11.5 Å². The smallest absolute Gasteiger partial charge is 0.242 e. The van der Waals surface area contributed by atoms with Gasteiger partial charge in [0.1, 0.15) is 16.7 Å². The largest absolute Gasteiger partial charge is 0.496 e. The minimum absolute atomic E-state index is 0.231. The number of rotatable bonds is 9. The molecule has 4 rings (SSSR count). The van der Waals surface area contributed by atoms with Crippen LogP contribution in [-0.2, 0) is 4.79 Å². The Hall–Kier alpha value is -3.98. The number of benzene rings is 3. The van der Waals surface area contributed by atoms with Gasteiger partial charge in [0, 0.05) is 0 Å². The molecule has 9 heteroatoms. The highest BCUT2D eigenvalue weighted by Crippen LogP contribution is 2.37. The molecular formula is C25H25N5O3S. The summed E-state index contributed by atoms with van der Waals surface area (Å²) in [5, 5.41) is 11.3. The molecule has 0 bridgehead atoms. The van der Waals surface area contributed by atoms with Gasteiger partial charge in [-0.1, -0.05) is 66.4 Å². The van der Waals surface area contributed by atoms with Crippen LogP contribution in [-0.4, -0.2) is 34.5 Å². The van der Waals surface area contributed by atoms with Crippen molar-refractivity contribution in [2.45, 2.75) is 17.3 Å². The Bertz CT molecular complexity index is 1260. The number of nitrogens with zero attached hydrogens (tertiary/aromatic N) is 3. The molecule has 4 aromatic rings. The second kappa shape index (κ2) is 10.8. The maximum atomic E-state index is 13.5. The number of nitrogens with one attached hydrogen (secondary N) is 1. The van der Waals surface area contributed by atoms with Gasteiger partial charge in [0.2, 0.25) is 11.1 Å². The average molecular weight is 476 g/mol. The molecule has 0 radical (unpaired) electrons. The summed E-state index contributed by atoms with van der Waals surface area (Å²) < 4.78 is 12.5. The number of carbonyl (C=O) groups excluding carboxylic acids is 1. The molecule has 3 aromatic carbocycles. The zero-order chi connectivity index (χ0) is 23.9. The Kier molecular flexibility index (Phi) is 7.34. The number of amides is 1.